The van der Waals surface area contributed by atoms with E-state index in [2.05, 4.69) is 10.4 Å². The molecule has 2 saturated carbocycles. The van der Waals surface area contributed by atoms with Crippen LogP contribution in [-0.4, -0.2) is 21.7 Å². The van der Waals surface area contributed by atoms with Gasteiger partial charge in [0.1, 0.15) is 5.02 Å². The summed E-state index contributed by atoms with van der Waals surface area (Å²) in [5.41, 5.74) is -1.46. The van der Waals surface area contributed by atoms with Crippen molar-refractivity contribution in [2.75, 3.05) is 0 Å². The van der Waals surface area contributed by atoms with E-state index in [0.29, 0.717) is 16.5 Å². The van der Waals surface area contributed by atoms with E-state index in [1.54, 1.807) is 0 Å². The van der Waals surface area contributed by atoms with E-state index in [0.717, 1.165) is 19.4 Å². The molecule has 1 aromatic heterocycles. The highest BCUT2D eigenvalue weighted by atomic mass is 35.5. The van der Waals surface area contributed by atoms with Crippen molar-refractivity contribution in [3.8, 4) is 0 Å². The van der Waals surface area contributed by atoms with Crippen LogP contribution in [0.2, 0.25) is 5.02 Å². The van der Waals surface area contributed by atoms with Crippen LogP contribution in [0.4, 0.5) is 13.2 Å². The zero-order valence-corrected chi connectivity index (χ0v) is 13.7. The van der Waals surface area contributed by atoms with Gasteiger partial charge in [0.25, 0.3) is 5.91 Å². The molecule has 1 N–H and O–H groups in total. The van der Waals surface area contributed by atoms with Gasteiger partial charge in [-0.25, -0.2) is 0 Å². The van der Waals surface area contributed by atoms with Gasteiger partial charge in [0.15, 0.2) is 11.4 Å². The molecule has 4 unspecified atom stereocenters. The van der Waals surface area contributed by atoms with Crippen molar-refractivity contribution in [3.63, 3.8) is 0 Å². The number of amides is 1. The molecule has 0 radical (unpaired) electrons. The number of carbonyl (C=O) groups excluding carboxylic acids is 1. The van der Waals surface area contributed by atoms with E-state index in [1.165, 1.54) is 19.3 Å². The lowest BCUT2D eigenvalue weighted by Gasteiger charge is -2.28. The summed E-state index contributed by atoms with van der Waals surface area (Å²) in [5, 5.41) is 5.81. The lowest BCUT2D eigenvalue weighted by atomic mass is 9.84. The lowest BCUT2D eigenvalue weighted by molar-refractivity contribution is -0.143. The maximum Gasteiger partial charge on any atom is 0.434 e. The number of aromatic nitrogens is 2. The fourth-order valence-corrected chi connectivity index (χ4v) is 4.59. The smallest absolute Gasteiger partial charge is 0.348 e. The van der Waals surface area contributed by atoms with Crippen LogP contribution in [-0.2, 0) is 13.2 Å². The highest BCUT2D eigenvalue weighted by Gasteiger charge is 2.43. The normalized spacial score (nSPS) is 28.2. The number of nitrogens with zero attached hydrogens (tertiary/aromatic N) is 2. The minimum absolute atomic E-state index is 0.0924. The third-order valence-corrected chi connectivity index (χ3v) is 5.62. The molecule has 1 aromatic rings. The van der Waals surface area contributed by atoms with Gasteiger partial charge in [0.2, 0.25) is 0 Å². The van der Waals surface area contributed by atoms with Crippen LogP contribution in [0.25, 0.3) is 0 Å². The van der Waals surface area contributed by atoms with Crippen molar-refractivity contribution < 1.29 is 18.0 Å². The number of rotatable bonds is 3. The van der Waals surface area contributed by atoms with Crippen LogP contribution in [0.3, 0.4) is 0 Å². The Morgan fingerprint density at radius 2 is 2.09 bits per heavy atom. The van der Waals surface area contributed by atoms with Gasteiger partial charge in [-0.05, 0) is 43.9 Å². The second-order valence-corrected chi connectivity index (χ2v) is 7.11. The monoisotopic (exact) mass is 349 g/mol. The first-order valence-corrected chi connectivity index (χ1v) is 8.16. The van der Waals surface area contributed by atoms with E-state index in [4.69, 9.17) is 11.6 Å². The third kappa shape index (κ3) is 2.95. The molecule has 0 aromatic carbocycles. The summed E-state index contributed by atoms with van der Waals surface area (Å²) < 4.78 is 39.4. The van der Waals surface area contributed by atoms with E-state index >= 15 is 0 Å². The average Bonchev–Trinajstić information content (AvgIpc) is 3.11. The molecule has 1 amide bonds. The predicted octanol–water partition coefficient (Wildman–Crippen LogP) is 3.65. The molecule has 2 bridgehead atoms. The summed E-state index contributed by atoms with van der Waals surface area (Å²) >= 11 is 5.75. The Hall–Kier alpha value is -1.24. The topological polar surface area (TPSA) is 46.9 Å². The lowest BCUT2D eigenvalue weighted by Crippen LogP contribution is -2.40. The van der Waals surface area contributed by atoms with Crippen molar-refractivity contribution in [2.45, 2.75) is 44.8 Å². The van der Waals surface area contributed by atoms with Gasteiger partial charge >= 0.3 is 6.18 Å². The highest BCUT2D eigenvalue weighted by Crippen LogP contribution is 2.49. The Balaban J connectivity index is 1.74. The Kier molecular flexibility index (Phi) is 4.11. The van der Waals surface area contributed by atoms with E-state index in [9.17, 15) is 18.0 Å². The van der Waals surface area contributed by atoms with Crippen LogP contribution >= 0.6 is 11.6 Å². The second-order valence-electron chi connectivity index (χ2n) is 6.73. The Morgan fingerprint density at radius 3 is 2.57 bits per heavy atom. The van der Waals surface area contributed by atoms with E-state index in [-0.39, 0.29) is 11.7 Å². The number of fused-ring (bicyclic) bond motifs is 2. The van der Waals surface area contributed by atoms with Crippen molar-refractivity contribution in [3.05, 3.63) is 16.4 Å². The van der Waals surface area contributed by atoms with Crippen LogP contribution in [0.5, 0.6) is 0 Å². The molecule has 128 valence electrons. The quantitative estimate of drug-likeness (QED) is 0.905. The maximum atomic E-state index is 12.9. The summed E-state index contributed by atoms with van der Waals surface area (Å²) in [5.74, 6) is 1.10. The first-order valence-electron chi connectivity index (χ1n) is 7.79. The van der Waals surface area contributed by atoms with Gasteiger partial charge < -0.3 is 5.32 Å². The van der Waals surface area contributed by atoms with Crippen LogP contribution in [0, 0.1) is 17.8 Å². The molecule has 1 heterocycles. The van der Waals surface area contributed by atoms with Crippen molar-refractivity contribution in [1.29, 1.82) is 0 Å². The van der Waals surface area contributed by atoms with E-state index in [1.807, 2.05) is 6.92 Å². The van der Waals surface area contributed by atoms with Gasteiger partial charge in [0, 0.05) is 13.1 Å². The standard InChI is InChI=1S/C15H19ClF3N3O/c1-7(10-6-8-3-4-9(10)5-8)20-14(23)12-11(16)13(15(17,18)19)22(2)21-12/h7-10H,3-6H2,1-2H3,(H,20,23). The molecule has 23 heavy (non-hydrogen) atoms. The molecular formula is C15H19ClF3N3O. The van der Waals surface area contributed by atoms with Crippen molar-refractivity contribution in [2.24, 2.45) is 24.8 Å². The summed E-state index contributed by atoms with van der Waals surface area (Å²) in [6, 6.07) is -0.0924. The molecule has 4 atom stereocenters. The minimum Gasteiger partial charge on any atom is -0.348 e. The first kappa shape index (κ1) is 16.6. The zero-order chi connectivity index (χ0) is 16.9. The van der Waals surface area contributed by atoms with Gasteiger partial charge in [-0.15, -0.1) is 0 Å². The molecule has 8 heteroatoms. The van der Waals surface area contributed by atoms with Crippen molar-refractivity contribution >= 4 is 17.5 Å². The molecule has 0 spiro atoms. The summed E-state index contributed by atoms with van der Waals surface area (Å²) in [7, 11) is 1.13. The first-order chi connectivity index (χ1) is 10.7. The maximum absolute atomic E-state index is 12.9. The molecule has 0 aliphatic heterocycles. The highest BCUT2D eigenvalue weighted by molar-refractivity contribution is 6.34. The molecule has 0 saturated heterocycles. The van der Waals surface area contributed by atoms with Gasteiger partial charge in [-0.1, -0.05) is 18.0 Å². The molecule has 3 rings (SSSR count). The number of carbonyl (C=O) groups is 1. The summed E-state index contributed by atoms with van der Waals surface area (Å²) in [6.45, 7) is 1.91. The minimum atomic E-state index is -4.65. The largest absolute Gasteiger partial charge is 0.434 e. The number of hydrogen-bond donors (Lipinski definition) is 1. The van der Waals surface area contributed by atoms with E-state index < -0.39 is 22.8 Å². The number of alkyl halides is 3. The number of aryl methyl sites for hydroxylation is 1. The molecular weight excluding hydrogens is 331 g/mol. The average molecular weight is 350 g/mol. The molecule has 2 fully saturated rings. The SMILES string of the molecule is CC(NC(=O)c1nn(C)c(C(F)(F)F)c1Cl)C1CC2CCC1C2. The second kappa shape index (κ2) is 5.69. The predicted molar refractivity (Wildman–Crippen MR) is 79.1 cm³/mol. The van der Waals surface area contributed by atoms with Crippen LogP contribution in [0.15, 0.2) is 0 Å². The third-order valence-electron chi connectivity index (χ3n) is 5.27. The van der Waals surface area contributed by atoms with Crippen molar-refractivity contribution in [1.82, 2.24) is 15.1 Å². The van der Waals surface area contributed by atoms with Crippen LogP contribution < -0.4 is 5.32 Å². The molecule has 2 aliphatic rings. The summed E-state index contributed by atoms with van der Waals surface area (Å²) in [6.07, 6.45) is 0.0673. The fraction of sp³-hybridized carbons (Fsp3) is 0.733. The van der Waals surface area contributed by atoms with Crippen LogP contribution in [0.1, 0.15) is 48.8 Å². The Labute approximate surface area is 137 Å². The van der Waals surface area contributed by atoms with Gasteiger partial charge in [0.05, 0.1) is 0 Å². The van der Waals surface area contributed by atoms with Gasteiger partial charge in [-0.2, -0.15) is 18.3 Å². The Morgan fingerprint density at radius 1 is 1.39 bits per heavy atom. The Bertz CT molecular complexity index is 628. The summed E-state index contributed by atoms with van der Waals surface area (Å²) in [4.78, 5) is 12.3. The number of nitrogens with one attached hydrogen (secondary N) is 1. The zero-order valence-electron chi connectivity index (χ0n) is 13.0. The number of halogens is 4. The molecule has 4 nitrogen and oxygen atoms in total. The van der Waals surface area contributed by atoms with Gasteiger partial charge in [-0.3, -0.25) is 9.48 Å². The molecule has 2 aliphatic carbocycles. The fourth-order valence-electron chi connectivity index (χ4n) is 4.24. The number of hydrogen-bond acceptors (Lipinski definition) is 2.